The lowest BCUT2D eigenvalue weighted by Crippen LogP contribution is -2.36. The van der Waals surface area contributed by atoms with E-state index in [-0.39, 0.29) is 0 Å². The van der Waals surface area contributed by atoms with Gasteiger partial charge in [-0.1, -0.05) is 76.1 Å². The first-order valence-electron chi connectivity index (χ1n) is 9.83. The van der Waals surface area contributed by atoms with Gasteiger partial charge in [0.1, 0.15) is 0 Å². The molecule has 1 fully saturated rings. The average molecular weight is 324 g/mol. The summed E-state index contributed by atoms with van der Waals surface area (Å²) in [6.45, 7) is 8.19. The van der Waals surface area contributed by atoms with E-state index < -0.39 is 0 Å². The Morgan fingerprint density at radius 2 is 1.83 bits per heavy atom. The van der Waals surface area contributed by atoms with Crippen LogP contribution in [-0.4, -0.2) is 0 Å². The highest BCUT2D eigenvalue weighted by atomic mass is 14.9. The zero-order valence-electron chi connectivity index (χ0n) is 15.5. The zero-order valence-corrected chi connectivity index (χ0v) is 15.5. The molecule has 2 aliphatic rings. The quantitative estimate of drug-likeness (QED) is 0.706. The van der Waals surface area contributed by atoms with E-state index in [1.807, 2.05) is 0 Å². The predicted octanol–water partition coefficient (Wildman–Crippen LogP) is 5.94. The van der Waals surface area contributed by atoms with Crippen molar-refractivity contribution in [3.63, 3.8) is 0 Å². The van der Waals surface area contributed by atoms with E-state index in [2.05, 4.69) is 74.6 Å². The van der Waals surface area contributed by atoms with Crippen molar-refractivity contribution >= 4 is 0 Å². The van der Waals surface area contributed by atoms with Gasteiger partial charge in [0.25, 0.3) is 0 Å². The number of allylic oxidation sites excluding steroid dienone is 4. The Bertz CT molecular complexity index is 569. The van der Waals surface area contributed by atoms with Crippen LogP contribution in [0.4, 0.5) is 0 Å². The second-order valence-electron chi connectivity index (χ2n) is 8.07. The van der Waals surface area contributed by atoms with E-state index in [0.717, 1.165) is 24.3 Å². The zero-order chi connectivity index (χ0) is 16.9. The van der Waals surface area contributed by atoms with Crippen molar-refractivity contribution in [2.75, 3.05) is 0 Å². The Hall–Kier alpha value is -1.50. The van der Waals surface area contributed by atoms with Gasteiger partial charge < -0.3 is 5.32 Å². The van der Waals surface area contributed by atoms with Crippen LogP contribution in [0.2, 0.25) is 0 Å². The van der Waals surface area contributed by atoms with Crippen molar-refractivity contribution in [1.29, 1.82) is 0 Å². The first-order valence-corrected chi connectivity index (χ1v) is 9.83. The van der Waals surface area contributed by atoms with Crippen LogP contribution in [0.25, 0.3) is 0 Å². The fourth-order valence-corrected chi connectivity index (χ4v) is 4.84. The molecular weight excluding hydrogens is 290 g/mol. The third-order valence-corrected chi connectivity index (χ3v) is 6.24. The van der Waals surface area contributed by atoms with E-state index in [1.165, 1.54) is 36.9 Å². The second kappa shape index (κ2) is 8.05. The molecule has 0 aliphatic heterocycles. The van der Waals surface area contributed by atoms with Gasteiger partial charge in [-0.2, -0.15) is 0 Å². The third-order valence-electron chi connectivity index (χ3n) is 6.24. The van der Waals surface area contributed by atoms with Gasteiger partial charge in [0.2, 0.25) is 0 Å². The molecular formula is C23H33N. The molecule has 24 heavy (non-hydrogen) atoms. The Labute approximate surface area is 148 Å². The number of hydrogen-bond acceptors (Lipinski definition) is 1. The summed E-state index contributed by atoms with van der Waals surface area (Å²) in [5, 5.41) is 3.71. The average Bonchev–Trinajstić information content (AvgIpc) is 2.62. The highest BCUT2D eigenvalue weighted by molar-refractivity contribution is 5.24. The van der Waals surface area contributed by atoms with Gasteiger partial charge in [0, 0.05) is 18.2 Å². The van der Waals surface area contributed by atoms with Crippen LogP contribution in [-0.2, 0) is 6.54 Å². The Morgan fingerprint density at radius 3 is 2.58 bits per heavy atom. The summed E-state index contributed by atoms with van der Waals surface area (Å²) in [4.78, 5) is 0. The van der Waals surface area contributed by atoms with Crippen molar-refractivity contribution < 1.29 is 0 Å². The topological polar surface area (TPSA) is 12.0 Å². The van der Waals surface area contributed by atoms with Gasteiger partial charge in [-0.25, -0.2) is 0 Å². The predicted molar refractivity (Wildman–Crippen MR) is 103 cm³/mol. The molecule has 0 saturated heterocycles. The van der Waals surface area contributed by atoms with Crippen molar-refractivity contribution in [2.45, 2.75) is 53.0 Å². The van der Waals surface area contributed by atoms with Gasteiger partial charge in [-0.05, 0) is 48.2 Å². The molecule has 3 rings (SSSR count). The maximum Gasteiger partial charge on any atom is 0.0397 e. The molecule has 0 radical (unpaired) electrons. The molecule has 0 amide bonds. The van der Waals surface area contributed by atoms with Crippen LogP contribution < -0.4 is 5.32 Å². The minimum absolute atomic E-state index is 0.600. The van der Waals surface area contributed by atoms with E-state index in [0.29, 0.717) is 11.8 Å². The number of nitrogens with one attached hydrogen (secondary N) is 1. The highest BCUT2D eigenvalue weighted by Crippen LogP contribution is 2.44. The van der Waals surface area contributed by atoms with Gasteiger partial charge in [-0.15, -0.1) is 0 Å². The van der Waals surface area contributed by atoms with Crippen LogP contribution in [0.5, 0.6) is 0 Å². The molecule has 1 heteroatoms. The summed E-state index contributed by atoms with van der Waals surface area (Å²) in [6, 6.07) is 10.7. The lowest BCUT2D eigenvalue weighted by molar-refractivity contribution is 0.119. The van der Waals surface area contributed by atoms with E-state index in [9.17, 15) is 0 Å². The van der Waals surface area contributed by atoms with Gasteiger partial charge in [0.05, 0.1) is 0 Å². The Morgan fingerprint density at radius 1 is 1.08 bits per heavy atom. The van der Waals surface area contributed by atoms with Crippen molar-refractivity contribution in [3.05, 3.63) is 59.8 Å². The monoisotopic (exact) mass is 323 g/mol. The SMILES string of the molecule is CC(C)C1CCCCC1C1C=CC=C(NCc2ccccc2)C1C. The fourth-order valence-electron chi connectivity index (χ4n) is 4.84. The molecule has 1 aromatic rings. The van der Waals surface area contributed by atoms with Gasteiger partial charge in [0.15, 0.2) is 0 Å². The lowest BCUT2D eigenvalue weighted by atomic mass is 9.64. The van der Waals surface area contributed by atoms with Crippen molar-refractivity contribution in [1.82, 2.24) is 5.32 Å². The van der Waals surface area contributed by atoms with Crippen LogP contribution >= 0.6 is 0 Å². The van der Waals surface area contributed by atoms with Gasteiger partial charge >= 0.3 is 0 Å². The minimum Gasteiger partial charge on any atom is -0.384 e. The molecule has 1 nitrogen and oxygen atoms in total. The van der Waals surface area contributed by atoms with Crippen LogP contribution in [0.1, 0.15) is 52.0 Å². The summed E-state index contributed by atoms with van der Waals surface area (Å²) >= 11 is 0. The molecule has 0 aromatic heterocycles. The molecule has 4 atom stereocenters. The van der Waals surface area contributed by atoms with E-state index in [1.54, 1.807) is 0 Å². The summed E-state index contributed by atoms with van der Waals surface area (Å²) in [7, 11) is 0. The van der Waals surface area contributed by atoms with Crippen LogP contribution in [0.3, 0.4) is 0 Å². The van der Waals surface area contributed by atoms with E-state index >= 15 is 0 Å². The molecule has 0 spiro atoms. The molecule has 1 N–H and O–H groups in total. The summed E-state index contributed by atoms with van der Waals surface area (Å²) < 4.78 is 0. The van der Waals surface area contributed by atoms with Crippen molar-refractivity contribution in [2.24, 2.45) is 29.6 Å². The molecule has 130 valence electrons. The minimum atomic E-state index is 0.600. The summed E-state index contributed by atoms with van der Waals surface area (Å²) in [5.74, 6) is 3.85. The maximum atomic E-state index is 3.71. The molecule has 4 unspecified atom stereocenters. The molecule has 1 aromatic carbocycles. The van der Waals surface area contributed by atoms with Crippen LogP contribution in [0.15, 0.2) is 54.3 Å². The first kappa shape index (κ1) is 17.3. The lowest BCUT2D eigenvalue weighted by Gasteiger charge is -2.42. The summed E-state index contributed by atoms with van der Waals surface area (Å²) in [5.41, 5.74) is 2.77. The normalized spacial score (nSPS) is 30.2. The molecule has 1 saturated carbocycles. The Kier molecular flexibility index (Phi) is 5.81. The summed E-state index contributed by atoms with van der Waals surface area (Å²) in [6.07, 6.45) is 12.8. The van der Waals surface area contributed by atoms with E-state index in [4.69, 9.17) is 0 Å². The van der Waals surface area contributed by atoms with Crippen molar-refractivity contribution in [3.8, 4) is 0 Å². The molecule has 0 bridgehead atoms. The second-order valence-corrected chi connectivity index (χ2v) is 8.07. The Balaban J connectivity index is 1.66. The first-order chi connectivity index (χ1) is 11.7. The number of benzene rings is 1. The van der Waals surface area contributed by atoms with Crippen LogP contribution in [0, 0.1) is 29.6 Å². The fraction of sp³-hybridized carbons (Fsp3) is 0.565. The number of rotatable bonds is 5. The smallest absolute Gasteiger partial charge is 0.0397 e. The highest BCUT2D eigenvalue weighted by Gasteiger charge is 2.36. The maximum absolute atomic E-state index is 3.71. The molecule has 0 heterocycles. The number of hydrogen-bond donors (Lipinski definition) is 1. The largest absolute Gasteiger partial charge is 0.384 e. The standard InChI is InChI=1S/C23H33N/c1-17(2)20-12-7-8-13-22(20)21-14-9-15-23(18(21)3)24-16-19-10-5-4-6-11-19/h4-6,9-11,14-15,17-18,20-22,24H,7-8,12-13,16H2,1-3H3. The third kappa shape index (κ3) is 3.94. The van der Waals surface area contributed by atoms with Gasteiger partial charge in [-0.3, -0.25) is 0 Å². The molecule has 2 aliphatic carbocycles.